The third-order valence-corrected chi connectivity index (χ3v) is 9.40. The van der Waals surface area contributed by atoms with Gasteiger partial charge in [0.2, 0.25) is 0 Å². The molecule has 0 unspecified atom stereocenters. The molecule has 0 heterocycles. The highest BCUT2D eigenvalue weighted by Crippen LogP contribution is 2.38. The maximum atomic E-state index is 3.73. The molecule has 0 bridgehead atoms. The Morgan fingerprint density at radius 1 is 0.512 bits per heavy atom. The number of benzene rings is 5. The van der Waals surface area contributed by atoms with E-state index in [0.717, 1.165) is 38.5 Å². The summed E-state index contributed by atoms with van der Waals surface area (Å²) in [4.78, 5) is 0. The van der Waals surface area contributed by atoms with Gasteiger partial charge in [0.15, 0.2) is 0 Å². The lowest BCUT2D eigenvalue weighted by Crippen LogP contribution is -2.06. The monoisotopic (exact) mass is 553 g/mol. The molecular formula is C42H35N. The molecule has 3 aliphatic rings. The van der Waals surface area contributed by atoms with Gasteiger partial charge in [-0.1, -0.05) is 115 Å². The van der Waals surface area contributed by atoms with Gasteiger partial charge >= 0.3 is 0 Å². The SMILES string of the molecule is C1=Cc2c(ccc3c2ccc2ccc(C4=CC=C(C5=CC=C(Nc6ccccc6-c6ccccc6)CC5)CC4)cc23)CC1. The second-order valence-electron chi connectivity index (χ2n) is 12.0. The number of fused-ring (bicyclic) bond motifs is 5. The molecule has 0 spiro atoms. The molecule has 0 fully saturated rings. The summed E-state index contributed by atoms with van der Waals surface area (Å²) in [5, 5.41) is 9.16. The van der Waals surface area contributed by atoms with Crippen LogP contribution in [0.3, 0.4) is 0 Å². The van der Waals surface area contributed by atoms with Crippen LogP contribution < -0.4 is 5.32 Å². The second kappa shape index (κ2) is 11.1. The largest absolute Gasteiger partial charge is 0.358 e. The average molecular weight is 554 g/mol. The van der Waals surface area contributed by atoms with Crippen LogP contribution in [0.15, 0.2) is 144 Å². The average Bonchev–Trinajstić information content (AvgIpc) is 3.09. The Bertz CT molecular complexity index is 2030. The topological polar surface area (TPSA) is 12.0 Å². The summed E-state index contributed by atoms with van der Waals surface area (Å²) in [6.07, 6.45) is 20.6. The summed E-state index contributed by atoms with van der Waals surface area (Å²) in [7, 11) is 0. The molecule has 43 heavy (non-hydrogen) atoms. The van der Waals surface area contributed by atoms with E-state index in [2.05, 4.69) is 139 Å². The van der Waals surface area contributed by atoms with Crippen LogP contribution in [-0.2, 0) is 6.42 Å². The van der Waals surface area contributed by atoms with E-state index in [4.69, 9.17) is 0 Å². The smallest absolute Gasteiger partial charge is 0.0461 e. The molecule has 8 rings (SSSR count). The molecule has 0 aromatic heterocycles. The first-order valence-electron chi connectivity index (χ1n) is 15.7. The van der Waals surface area contributed by atoms with Gasteiger partial charge in [0.05, 0.1) is 0 Å². The standard InChI is InChI=1S/C42H35N/c1-2-8-32(9-3-1)38-12-6-7-13-42(38)43-36-24-20-30(21-25-36)29-14-16-31(17-15-29)35-19-18-34-23-26-39-37-11-5-4-10-33(37)22-27-40(39)41(34)28-35/h1-3,5-9,11-14,16,18-20,22-24,26-28,43H,4,10,15,17,21,25H2. The van der Waals surface area contributed by atoms with E-state index in [1.807, 2.05) is 0 Å². The lowest BCUT2D eigenvalue weighted by atomic mass is 9.85. The summed E-state index contributed by atoms with van der Waals surface area (Å²) in [5.74, 6) is 0. The highest BCUT2D eigenvalue weighted by molar-refractivity contribution is 6.11. The van der Waals surface area contributed by atoms with E-state index in [1.165, 1.54) is 77.5 Å². The van der Waals surface area contributed by atoms with Crippen molar-refractivity contribution >= 4 is 38.9 Å². The number of rotatable bonds is 5. The molecule has 1 N–H and O–H groups in total. The van der Waals surface area contributed by atoms with E-state index in [9.17, 15) is 0 Å². The maximum absolute atomic E-state index is 3.73. The fraction of sp³-hybridized carbons (Fsp3) is 0.143. The van der Waals surface area contributed by atoms with Gasteiger partial charge in [-0.15, -0.1) is 0 Å². The molecule has 1 heteroatoms. The number of nitrogens with one attached hydrogen (secondary N) is 1. The highest BCUT2D eigenvalue weighted by atomic mass is 14.9. The number of anilines is 1. The number of aryl methyl sites for hydroxylation is 1. The molecule has 0 saturated carbocycles. The molecule has 0 atom stereocenters. The van der Waals surface area contributed by atoms with Crippen molar-refractivity contribution in [2.45, 2.75) is 38.5 Å². The summed E-state index contributed by atoms with van der Waals surface area (Å²) in [6.45, 7) is 0. The molecule has 208 valence electrons. The van der Waals surface area contributed by atoms with Crippen LogP contribution in [-0.4, -0.2) is 0 Å². The van der Waals surface area contributed by atoms with Crippen LogP contribution >= 0.6 is 0 Å². The first-order valence-corrected chi connectivity index (χ1v) is 15.7. The van der Waals surface area contributed by atoms with Gasteiger partial charge in [-0.05, 0) is 117 Å². The third-order valence-electron chi connectivity index (χ3n) is 9.40. The van der Waals surface area contributed by atoms with Crippen molar-refractivity contribution in [3.63, 3.8) is 0 Å². The summed E-state index contributed by atoms with van der Waals surface area (Å²) in [6, 6.07) is 35.6. The summed E-state index contributed by atoms with van der Waals surface area (Å²) >= 11 is 0. The van der Waals surface area contributed by atoms with E-state index in [1.54, 1.807) is 0 Å². The van der Waals surface area contributed by atoms with Crippen LogP contribution in [0.1, 0.15) is 48.8 Å². The third kappa shape index (κ3) is 4.96. The fourth-order valence-electron chi connectivity index (χ4n) is 7.05. The minimum absolute atomic E-state index is 1.03. The Labute approximate surface area is 254 Å². The predicted molar refractivity (Wildman–Crippen MR) is 185 cm³/mol. The van der Waals surface area contributed by atoms with Crippen molar-refractivity contribution in [3.05, 3.63) is 161 Å². The Balaban J connectivity index is 1.04. The number of hydrogen-bond donors (Lipinski definition) is 1. The molecule has 0 aliphatic heterocycles. The van der Waals surface area contributed by atoms with Crippen molar-refractivity contribution < 1.29 is 0 Å². The second-order valence-corrected chi connectivity index (χ2v) is 12.0. The van der Waals surface area contributed by atoms with Crippen molar-refractivity contribution in [2.75, 3.05) is 5.32 Å². The summed E-state index contributed by atoms with van der Waals surface area (Å²) < 4.78 is 0. The van der Waals surface area contributed by atoms with E-state index in [-0.39, 0.29) is 0 Å². The van der Waals surface area contributed by atoms with Crippen molar-refractivity contribution in [1.29, 1.82) is 0 Å². The van der Waals surface area contributed by atoms with Gasteiger partial charge in [0, 0.05) is 16.9 Å². The quantitative estimate of drug-likeness (QED) is 0.213. The molecule has 0 radical (unpaired) electrons. The fourth-order valence-corrected chi connectivity index (χ4v) is 7.05. The molecule has 5 aromatic carbocycles. The van der Waals surface area contributed by atoms with Crippen LogP contribution in [0.5, 0.6) is 0 Å². The Morgan fingerprint density at radius 3 is 2.09 bits per heavy atom. The Hall–Kier alpha value is -4.88. The normalized spacial score (nSPS) is 16.3. The zero-order chi connectivity index (χ0) is 28.6. The number of hydrogen-bond acceptors (Lipinski definition) is 1. The minimum Gasteiger partial charge on any atom is -0.358 e. The molecule has 1 nitrogen and oxygen atoms in total. The predicted octanol–water partition coefficient (Wildman–Crippen LogP) is 11.4. The first-order chi connectivity index (χ1) is 21.3. The van der Waals surface area contributed by atoms with Crippen molar-refractivity contribution in [1.82, 2.24) is 0 Å². The molecular weight excluding hydrogens is 518 g/mol. The van der Waals surface area contributed by atoms with E-state index in [0.29, 0.717) is 0 Å². The zero-order valence-corrected chi connectivity index (χ0v) is 24.4. The number of para-hydroxylation sites is 1. The zero-order valence-electron chi connectivity index (χ0n) is 24.4. The molecule has 0 saturated heterocycles. The van der Waals surface area contributed by atoms with E-state index >= 15 is 0 Å². The van der Waals surface area contributed by atoms with E-state index < -0.39 is 0 Å². The summed E-state index contributed by atoms with van der Waals surface area (Å²) in [5.41, 5.74) is 13.6. The van der Waals surface area contributed by atoms with Gasteiger partial charge in [-0.2, -0.15) is 0 Å². The molecule has 3 aliphatic carbocycles. The van der Waals surface area contributed by atoms with Gasteiger partial charge in [-0.3, -0.25) is 0 Å². The van der Waals surface area contributed by atoms with Crippen molar-refractivity contribution in [3.8, 4) is 11.1 Å². The van der Waals surface area contributed by atoms with Gasteiger partial charge < -0.3 is 5.32 Å². The highest BCUT2D eigenvalue weighted by Gasteiger charge is 2.17. The lowest BCUT2D eigenvalue weighted by molar-refractivity contribution is 0.877. The molecule has 0 amide bonds. The van der Waals surface area contributed by atoms with Crippen LogP contribution in [0.4, 0.5) is 5.69 Å². The number of allylic oxidation sites excluding steroid dienone is 9. The van der Waals surface area contributed by atoms with Gasteiger partial charge in [0.1, 0.15) is 0 Å². The Morgan fingerprint density at radius 2 is 1.26 bits per heavy atom. The lowest BCUT2D eigenvalue weighted by Gasteiger charge is -2.22. The van der Waals surface area contributed by atoms with Crippen LogP contribution in [0.2, 0.25) is 0 Å². The first kappa shape index (κ1) is 25.8. The van der Waals surface area contributed by atoms with Crippen LogP contribution in [0, 0.1) is 0 Å². The van der Waals surface area contributed by atoms with Crippen LogP contribution in [0.25, 0.3) is 44.3 Å². The maximum Gasteiger partial charge on any atom is 0.0461 e. The van der Waals surface area contributed by atoms with Gasteiger partial charge in [0.25, 0.3) is 0 Å². The van der Waals surface area contributed by atoms with Gasteiger partial charge in [-0.25, -0.2) is 0 Å². The Kier molecular flexibility index (Phi) is 6.65. The van der Waals surface area contributed by atoms with Crippen molar-refractivity contribution in [2.24, 2.45) is 0 Å². The minimum atomic E-state index is 1.03. The molecule has 5 aromatic rings.